The number of amides is 1. The zero-order valence-electron chi connectivity index (χ0n) is 13.7. The van der Waals surface area contributed by atoms with Crippen LogP contribution in [-0.2, 0) is 17.9 Å². The molecule has 2 heterocycles. The van der Waals surface area contributed by atoms with Crippen molar-refractivity contribution in [2.45, 2.75) is 25.9 Å². The van der Waals surface area contributed by atoms with Gasteiger partial charge in [0.15, 0.2) is 0 Å². The maximum absolute atomic E-state index is 11.9. The molecule has 6 heteroatoms. The first kappa shape index (κ1) is 16.7. The average molecular weight is 337 g/mol. The molecule has 1 aromatic carbocycles. The summed E-state index contributed by atoms with van der Waals surface area (Å²) in [7, 11) is 0. The number of carbonyl (C=O) groups is 1. The molecule has 0 saturated carbocycles. The van der Waals surface area contributed by atoms with Crippen molar-refractivity contribution in [3.8, 4) is 11.3 Å². The third-order valence-electron chi connectivity index (χ3n) is 3.75. The summed E-state index contributed by atoms with van der Waals surface area (Å²) in [4.78, 5) is 23.8. The summed E-state index contributed by atoms with van der Waals surface area (Å²) in [5.41, 5.74) is 1.52. The normalized spacial score (nSPS) is 10.6. The smallest absolute Gasteiger partial charge is 0.266 e. The van der Waals surface area contributed by atoms with Crippen molar-refractivity contribution in [3.63, 3.8) is 0 Å². The lowest BCUT2D eigenvalue weighted by molar-refractivity contribution is -0.121. The molecule has 0 bridgehead atoms. The van der Waals surface area contributed by atoms with Gasteiger partial charge in [0.05, 0.1) is 18.5 Å². The minimum atomic E-state index is -0.171. The third-order valence-corrected chi connectivity index (χ3v) is 3.75. The van der Waals surface area contributed by atoms with Crippen LogP contribution in [0.5, 0.6) is 0 Å². The summed E-state index contributed by atoms with van der Waals surface area (Å²) in [5.74, 6) is 0.630. The zero-order chi connectivity index (χ0) is 17.5. The van der Waals surface area contributed by atoms with Crippen LogP contribution in [0.1, 0.15) is 18.6 Å². The van der Waals surface area contributed by atoms with Gasteiger partial charge in [0, 0.05) is 24.6 Å². The molecule has 128 valence electrons. The van der Waals surface area contributed by atoms with Gasteiger partial charge in [-0.2, -0.15) is 5.10 Å². The molecule has 1 N–H and O–H groups in total. The highest BCUT2D eigenvalue weighted by Gasteiger charge is 2.06. The van der Waals surface area contributed by atoms with Crippen LogP contribution in [0.25, 0.3) is 11.3 Å². The number of hydrogen-bond donors (Lipinski definition) is 1. The summed E-state index contributed by atoms with van der Waals surface area (Å²) in [6.45, 7) is 0.765. The largest absolute Gasteiger partial charge is 0.467 e. The topological polar surface area (TPSA) is 77.1 Å². The van der Waals surface area contributed by atoms with Gasteiger partial charge >= 0.3 is 0 Å². The number of nitrogens with one attached hydrogen (secondary N) is 1. The number of furan rings is 1. The Balaban J connectivity index is 1.54. The molecule has 0 unspecified atom stereocenters. The zero-order valence-corrected chi connectivity index (χ0v) is 13.7. The van der Waals surface area contributed by atoms with Gasteiger partial charge in [0.2, 0.25) is 5.91 Å². The molecule has 0 atom stereocenters. The van der Waals surface area contributed by atoms with E-state index in [0.717, 1.165) is 11.3 Å². The van der Waals surface area contributed by atoms with Crippen LogP contribution in [0.15, 0.2) is 70.1 Å². The lowest BCUT2D eigenvalue weighted by atomic mass is 10.1. The molecule has 0 fully saturated rings. The van der Waals surface area contributed by atoms with Gasteiger partial charge in [-0.15, -0.1) is 0 Å². The summed E-state index contributed by atoms with van der Waals surface area (Å²) in [5, 5.41) is 7.17. The van der Waals surface area contributed by atoms with E-state index in [2.05, 4.69) is 10.4 Å². The van der Waals surface area contributed by atoms with Crippen LogP contribution in [-0.4, -0.2) is 15.7 Å². The van der Waals surface area contributed by atoms with Crippen molar-refractivity contribution in [2.24, 2.45) is 0 Å². The van der Waals surface area contributed by atoms with Crippen molar-refractivity contribution < 1.29 is 9.21 Å². The Morgan fingerprint density at radius 2 is 1.92 bits per heavy atom. The van der Waals surface area contributed by atoms with Crippen molar-refractivity contribution in [1.82, 2.24) is 15.1 Å². The van der Waals surface area contributed by atoms with Crippen LogP contribution < -0.4 is 10.9 Å². The number of aryl methyl sites for hydroxylation is 1. The van der Waals surface area contributed by atoms with E-state index in [4.69, 9.17) is 4.42 Å². The fourth-order valence-electron chi connectivity index (χ4n) is 2.45. The van der Waals surface area contributed by atoms with E-state index in [1.165, 1.54) is 10.7 Å². The second kappa shape index (κ2) is 8.10. The first-order valence-corrected chi connectivity index (χ1v) is 8.15. The Morgan fingerprint density at radius 3 is 2.68 bits per heavy atom. The highest BCUT2D eigenvalue weighted by atomic mass is 16.3. The molecule has 0 radical (unpaired) electrons. The summed E-state index contributed by atoms with van der Waals surface area (Å²) in [6, 6.07) is 16.5. The standard InChI is InChI=1S/C19H19N3O3/c23-18(20-14-16-8-5-13-25-16)9-4-12-22-19(24)11-10-17(21-22)15-6-2-1-3-7-15/h1-3,5-8,10-11,13H,4,9,12,14H2,(H,20,23). The summed E-state index contributed by atoms with van der Waals surface area (Å²) in [6.07, 6.45) is 2.43. The van der Waals surface area contributed by atoms with Gasteiger partial charge in [-0.05, 0) is 24.6 Å². The van der Waals surface area contributed by atoms with E-state index in [1.54, 1.807) is 24.5 Å². The monoisotopic (exact) mass is 337 g/mol. The highest BCUT2D eigenvalue weighted by molar-refractivity contribution is 5.75. The Bertz CT molecular complexity index is 870. The third kappa shape index (κ3) is 4.67. The molecule has 25 heavy (non-hydrogen) atoms. The van der Waals surface area contributed by atoms with Gasteiger partial charge in [-0.25, -0.2) is 4.68 Å². The van der Waals surface area contributed by atoms with Crippen molar-refractivity contribution in [2.75, 3.05) is 0 Å². The van der Waals surface area contributed by atoms with Gasteiger partial charge in [-0.1, -0.05) is 30.3 Å². The lowest BCUT2D eigenvalue weighted by Crippen LogP contribution is -2.25. The van der Waals surface area contributed by atoms with Gasteiger partial charge in [0.25, 0.3) is 5.56 Å². The van der Waals surface area contributed by atoms with Crippen molar-refractivity contribution >= 4 is 5.91 Å². The van der Waals surface area contributed by atoms with Gasteiger partial charge in [-0.3, -0.25) is 9.59 Å². The summed E-state index contributed by atoms with van der Waals surface area (Å²) >= 11 is 0. The van der Waals surface area contributed by atoms with Crippen molar-refractivity contribution in [3.05, 3.63) is 77.0 Å². The van der Waals surface area contributed by atoms with E-state index < -0.39 is 0 Å². The maximum atomic E-state index is 11.9. The molecule has 0 aliphatic rings. The van der Waals surface area contributed by atoms with Crippen LogP contribution in [0.3, 0.4) is 0 Å². The Kier molecular flexibility index (Phi) is 5.41. The molecule has 0 spiro atoms. The number of nitrogens with zero attached hydrogens (tertiary/aromatic N) is 2. The fraction of sp³-hybridized carbons (Fsp3) is 0.211. The number of benzene rings is 1. The molecule has 1 amide bonds. The molecule has 6 nitrogen and oxygen atoms in total. The van der Waals surface area contributed by atoms with E-state index >= 15 is 0 Å². The first-order valence-electron chi connectivity index (χ1n) is 8.15. The Labute approximate surface area is 145 Å². The molecular formula is C19H19N3O3. The Hall–Kier alpha value is -3.15. The van der Waals surface area contributed by atoms with Crippen molar-refractivity contribution in [1.29, 1.82) is 0 Å². The summed E-state index contributed by atoms with van der Waals surface area (Å²) < 4.78 is 6.56. The second-order valence-corrected chi connectivity index (χ2v) is 5.61. The molecule has 0 aliphatic carbocycles. The van der Waals surface area contributed by atoms with Crippen LogP contribution in [0.4, 0.5) is 0 Å². The second-order valence-electron chi connectivity index (χ2n) is 5.61. The Morgan fingerprint density at radius 1 is 1.08 bits per heavy atom. The predicted molar refractivity (Wildman–Crippen MR) is 93.7 cm³/mol. The minimum Gasteiger partial charge on any atom is -0.467 e. The minimum absolute atomic E-state index is 0.0799. The number of rotatable bonds is 7. The number of hydrogen-bond acceptors (Lipinski definition) is 4. The molecule has 0 saturated heterocycles. The van der Waals surface area contributed by atoms with Gasteiger partial charge < -0.3 is 9.73 Å². The van der Waals surface area contributed by atoms with Crippen LogP contribution in [0.2, 0.25) is 0 Å². The van der Waals surface area contributed by atoms with Crippen LogP contribution in [0, 0.1) is 0 Å². The first-order chi connectivity index (χ1) is 12.2. The lowest BCUT2D eigenvalue weighted by Gasteiger charge is -2.07. The maximum Gasteiger partial charge on any atom is 0.266 e. The van der Waals surface area contributed by atoms with Gasteiger partial charge in [0.1, 0.15) is 5.76 Å². The molecule has 2 aromatic heterocycles. The van der Waals surface area contributed by atoms with Crippen LogP contribution >= 0.6 is 0 Å². The molecular weight excluding hydrogens is 318 g/mol. The van der Waals surface area contributed by atoms with E-state index in [9.17, 15) is 9.59 Å². The predicted octanol–water partition coefficient (Wildman–Crippen LogP) is 2.60. The fourth-order valence-corrected chi connectivity index (χ4v) is 2.45. The van der Waals surface area contributed by atoms with E-state index in [1.807, 2.05) is 30.3 Å². The van der Waals surface area contributed by atoms with E-state index in [-0.39, 0.29) is 11.5 Å². The highest BCUT2D eigenvalue weighted by Crippen LogP contribution is 2.14. The molecule has 0 aliphatic heterocycles. The number of carbonyl (C=O) groups excluding carboxylic acids is 1. The average Bonchev–Trinajstić information content (AvgIpc) is 3.16. The quantitative estimate of drug-likeness (QED) is 0.719. The SMILES string of the molecule is O=C(CCCn1nc(-c2ccccc2)ccc1=O)NCc1ccco1. The molecule has 3 rings (SSSR count). The van der Waals surface area contributed by atoms with E-state index in [0.29, 0.717) is 31.7 Å². The molecule has 3 aromatic rings. The number of aromatic nitrogens is 2.